The molecule has 92 valence electrons. The van der Waals surface area contributed by atoms with Gasteiger partial charge in [-0.1, -0.05) is 13.3 Å². The van der Waals surface area contributed by atoms with Gasteiger partial charge >= 0.3 is 5.97 Å². The van der Waals surface area contributed by atoms with E-state index in [4.69, 9.17) is 5.11 Å². The van der Waals surface area contributed by atoms with Crippen molar-refractivity contribution in [1.82, 2.24) is 4.98 Å². The predicted molar refractivity (Wildman–Crippen MR) is 66.4 cm³/mol. The molecule has 1 aromatic rings. The predicted octanol–water partition coefficient (Wildman–Crippen LogP) is 2.41. The summed E-state index contributed by atoms with van der Waals surface area (Å²) in [4.78, 5) is 17.2. The van der Waals surface area contributed by atoms with Gasteiger partial charge in [-0.2, -0.15) is 0 Å². The molecule has 1 unspecified atom stereocenters. The summed E-state index contributed by atoms with van der Waals surface area (Å²) in [7, 11) is 0. The highest BCUT2D eigenvalue weighted by Gasteiger charge is 2.19. The van der Waals surface area contributed by atoms with Crippen LogP contribution in [0.25, 0.3) is 0 Å². The van der Waals surface area contributed by atoms with Crippen LogP contribution in [0, 0.1) is 5.92 Å². The van der Waals surface area contributed by atoms with E-state index in [1.54, 1.807) is 6.07 Å². The Morgan fingerprint density at radius 3 is 3.00 bits per heavy atom. The second-order valence-electron chi connectivity index (χ2n) is 4.57. The highest BCUT2D eigenvalue weighted by atomic mass is 16.4. The van der Waals surface area contributed by atoms with E-state index in [0.717, 1.165) is 24.8 Å². The Hall–Kier alpha value is -1.58. The molecule has 0 spiro atoms. The minimum atomic E-state index is -0.922. The fourth-order valence-electron chi connectivity index (χ4n) is 2.31. The number of carbonyl (C=O) groups is 1. The monoisotopic (exact) mass is 234 g/mol. The van der Waals surface area contributed by atoms with Crippen LogP contribution in [0.5, 0.6) is 0 Å². The fraction of sp³-hybridized carbons (Fsp3) is 0.538. The minimum absolute atomic E-state index is 0.248. The van der Waals surface area contributed by atoms with Crippen molar-refractivity contribution in [2.24, 2.45) is 5.92 Å². The van der Waals surface area contributed by atoms with E-state index in [9.17, 15) is 4.79 Å². The smallest absolute Gasteiger partial charge is 0.337 e. The number of pyridine rings is 1. The van der Waals surface area contributed by atoms with Crippen LogP contribution in [-0.2, 0) is 0 Å². The van der Waals surface area contributed by atoms with Crippen molar-refractivity contribution in [2.75, 3.05) is 18.0 Å². The van der Waals surface area contributed by atoms with Gasteiger partial charge in [0.1, 0.15) is 5.82 Å². The maximum absolute atomic E-state index is 10.7. The van der Waals surface area contributed by atoms with E-state index < -0.39 is 5.97 Å². The zero-order chi connectivity index (χ0) is 12.3. The molecule has 4 nitrogen and oxygen atoms in total. The van der Waals surface area contributed by atoms with Crippen LogP contribution < -0.4 is 4.90 Å². The van der Waals surface area contributed by atoms with Crippen LogP contribution >= 0.6 is 0 Å². The Bertz CT molecular complexity index is 389. The molecule has 1 aliphatic rings. The van der Waals surface area contributed by atoms with Crippen molar-refractivity contribution < 1.29 is 9.90 Å². The molecule has 0 bridgehead atoms. The zero-order valence-electron chi connectivity index (χ0n) is 10.1. The lowest BCUT2D eigenvalue weighted by molar-refractivity contribution is 0.0696. The number of anilines is 1. The molecule has 2 rings (SSSR count). The van der Waals surface area contributed by atoms with Crippen molar-refractivity contribution >= 4 is 11.8 Å². The molecule has 2 heterocycles. The molecule has 1 aromatic heterocycles. The Labute approximate surface area is 101 Å². The number of hydrogen-bond donors (Lipinski definition) is 1. The van der Waals surface area contributed by atoms with E-state index in [1.165, 1.54) is 25.5 Å². The van der Waals surface area contributed by atoms with Gasteiger partial charge in [0, 0.05) is 19.3 Å². The average Bonchev–Trinajstić information content (AvgIpc) is 2.39. The van der Waals surface area contributed by atoms with Gasteiger partial charge in [0.2, 0.25) is 0 Å². The SMILES string of the molecule is CCC1CCCN(c2ccc(C(=O)O)cn2)C1. The van der Waals surface area contributed by atoms with Gasteiger partial charge in [-0.3, -0.25) is 0 Å². The van der Waals surface area contributed by atoms with E-state index in [0.29, 0.717) is 0 Å². The fourth-order valence-corrected chi connectivity index (χ4v) is 2.31. The van der Waals surface area contributed by atoms with Crippen molar-refractivity contribution in [3.05, 3.63) is 23.9 Å². The van der Waals surface area contributed by atoms with Crippen LogP contribution in [0.2, 0.25) is 0 Å². The Kier molecular flexibility index (Phi) is 3.61. The molecular formula is C13H18N2O2. The first-order chi connectivity index (χ1) is 8.20. The normalized spacial score (nSPS) is 20.3. The van der Waals surface area contributed by atoms with E-state index in [-0.39, 0.29) is 5.56 Å². The number of aromatic carboxylic acids is 1. The molecule has 1 fully saturated rings. The molecule has 1 saturated heterocycles. The molecule has 0 amide bonds. The summed E-state index contributed by atoms with van der Waals surface area (Å²) in [5.74, 6) is 0.715. The van der Waals surface area contributed by atoms with Gasteiger partial charge in [0.25, 0.3) is 0 Å². The molecule has 0 aliphatic carbocycles. The minimum Gasteiger partial charge on any atom is -0.478 e. The lowest BCUT2D eigenvalue weighted by Crippen LogP contribution is -2.35. The lowest BCUT2D eigenvalue weighted by Gasteiger charge is -2.33. The molecule has 1 N–H and O–H groups in total. The third-order valence-corrected chi connectivity index (χ3v) is 3.42. The summed E-state index contributed by atoms with van der Waals surface area (Å²) in [5, 5.41) is 8.81. The van der Waals surface area contributed by atoms with Gasteiger partial charge in [-0.25, -0.2) is 9.78 Å². The summed E-state index contributed by atoms with van der Waals surface area (Å²) in [6.07, 6.45) is 5.12. The summed E-state index contributed by atoms with van der Waals surface area (Å²) >= 11 is 0. The Morgan fingerprint density at radius 1 is 1.59 bits per heavy atom. The second kappa shape index (κ2) is 5.17. The highest BCUT2D eigenvalue weighted by molar-refractivity contribution is 5.87. The highest BCUT2D eigenvalue weighted by Crippen LogP contribution is 2.23. The molecule has 17 heavy (non-hydrogen) atoms. The van der Waals surface area contributed by atoms with Crippen LogP contribution in [0.4, 0.5) is 5.82 Å². The van der Waals surface area contributed by atoms with Gasteiger partial charge in [-0.15, -0.1) is 0 Å². The van der Waals surface area contributed by atoms with Crippen molar-refractivity contribution in [3.63, 3.8) is 0 Å². The van der Waals surface area contributed by atoms with E-state index >= 15 is 0 Å². The van der Waals surface area contributed by atoms with Gasteiger partial charge < -0.3 is 10.0 Å². The second-order valence-corrected chi connectivity index (χ2v) is 4.57. The first-order valence-electron chi connectivity index (χ1n) is 6.15. The van der Waals surface area contributed by atoms with E-state index in [1.807, 2.05) is 6.07 Å². The van der Waals surface area contributed by atoms with Gasteiger partial charge in [-0.05, 0) is 30.9 Å². The van der Waals surface area contributed by atoms with Gasteiger partial charge in [0.05, 0.1) is 5.56 Å². The molecule has 1 aliphatic heterocycles. The molecule has 0 saturated carbocycles. The number of piperidine rings is 1. The Morgan fingerprint density at radius 2 is 2.41 bits per heavy atom. The van der Waals surface area contributed by atoms with E-state index in [2.05, 4.69) is 16.8 Å². The quantitative estimate of drug-likeness (QED) is 0.872. The van der Waals surface area contributed by atoms with Crippen molar-refractivity contribution in [1.29, 1.82) is 0 Å². The maximum Gasteiger partial charge on any atom is 0.337 e. The topological polar surface area (TPSA) is 53.4 Å². The molecule has 1 atom stereocenters. The van der Waals surface area contributed by atoms with Crippen LogP contribution in [0.3, 0.4) is 0 Å². The zero-order valence-corrected chi connectivity index (χ0v) is 10.1. The van der Waals surface area contributed by atoms with Crippen LogP contribution in [0.1, 0.15) is 36.5 Å². The van der Waals surface area contributed by atoms with Crippen molar-refractivity contribution in [3.8, 4) is 0 Å². The molecule has 0 aromatic carbocycles. The number of carboxylic acids is 1. The summed E-state index contributed by atoms with van der Waals surface area (Å²) in [5.41, 5.74) is 0.248. The largest absolute Gasteiger partial charge is 0.478 e. The molecular weight excluding hydrogens is 216 g/mol. The number of aromatic nitrogens is 1. The summed E-state index contributed by atoms with van der Waals surface area (Å²) in [6.45, 7) is 4.28. The van der Waals surface area contributed by atoms with Crippen molar-refractivity contribution in [2.45, 2.75) is 26.2 Å². The van der Waals surface area contributed by atoms with Crippen LogP contribution in [0.15, 0.2) is 18.3 Å². The maximum atomic E-state index is 10.7. The van der Waals surface area contributed by atoms with Crippen LogP contribution in [-0.4, -0.2) is 29.1 Å². The molecule has 0 radical (unpaired) electrons. The Balaban J connectivity index is 2.08. The number of hydrogen-bond acceptors (Lipinski definition) is 3. The number of carboxylic acid groups (broad SMARTS) is 1. The number of nitrogens with zero attached hydrogens (tertiary/aromatic N) is 2. The summed E-state index contributed by atoms with van der Waals surface area (Å²) in [6, 6.07) is 3.43. The molecule has 4 heteroatoms. The standard InChI is InChI=1S/C13H18N2O2/c1-2-10-4-3-7-15(9-10)12-6-5-11(8-14-12)13(16)17/h5-6,8,10H,2-4,7,9H2,1H3,(H,16,17). The third-order valence-electron chi connectivity index (χ3n) is 3.42. The third kappa shape index (κ3) is 2.75. The summed E-state index contributed by atoms with van der Waals surface area (Å²) < 4.78 is 0. The lowest BCUT2D eigenvalue weighted by atomic mass is 9.96. The van der Waals surface area contributed by atoms with Gasteiger partial charge in [0.15, 0.2) is 0 Å². The first-order valence-corrected chi connectivity index (χ1v) is 6.15. The number of rotatable bonds is 3. The average molecular weight is 234 g/mol. The first kappa shape index (κ1) is 11.9.